The second kappa shape index (κ2) is 4.10. The Balaban J connectivity index is 3.11. The summed E-state index contributed by atoms with van der Waals surface area (Å²) in [5.74, 6) is -0.597. The number of carbonyl (C=O) groups excluding carboxylic acids is 2. The summed E-state index contributed by atoms with van der Waals surface area (Å²) in [6.45, 7) is 0. The Labute approximate surface area is 74.3 Å². The minimum absolute atomic E-state index is 0.244. The van der Waals surface area contributed by atoms with Crippen LogP contribution in [-0.4, -0.2) is 12.3 Å². The van der Waals surface area contributed by atoms with E-state index in [1.165, 1.54) is 6.07 Å². The van der Waals surface area contributed by atoms with E-state index in [2.05, 4.69) is 10.2 Å². The zero-order chi connectivity index (χ0) is 9.68. The van der Waals surface area contributed by atoms with Crippen LogP contribution >= 0.6 is 0 Å². The van der Waals surface area contributed by atoms with Gasteiger partial charge in [0.05, 0.1) is 11.3 Å². The first-order valence-corrected chi connectivity index (χ1v) is 3.49. The number of hydrogen-bond donors (Lipinski definition) is 1. The summed E-state index contributed by atoms with van der Waals surface area (Å²) in [4.78, 5) is 20.7. The molecule has 1 rings (SSSR count). The van der Waals surface area contributed by atoms with E-state index in [4.69, 9.17) is 5.73 Å². The van der Waals surface area contributed by atoms with Gasteiger partial charge in [-0.15, -0.1) is 10.2 Å². The Bertz CT molecular complexity index is 360. The maximum atomic E-state index is 10.8. The molecule has 2 amide bonds. The first-order valence-electron chi connectivity index (χ1n) is 3.49. The van der Waals surface area contributed by atoms with Gasteiger partial charge >= 0.3 is 0 Å². The quantitative estimate of drug-likeness (QED) is 0.552. The Kier molecular flexibility index (Phi) is 2.86. The van der Waals surface area contributed by atoms with E-state index < -0.39 is 5.91 Å². The van der Waals surface area contributed by atoms with Gasteiger partial charge in [-0.05, 0) is 12.1 Å². The number of rotatable bonds is 3. The van der Waals surface area contributed by atoms with Crippen LogP contribution in [0.1, 0.15) is 10.4 Å². The minimum atomic E-state index is -0.597. The first kappa shape index (κ1) is 9.05. The topological polar surface area (TPSA) is 84.9 Å². The molecule has 0 aliphatic heterocycles. The van der Waals surface area contributed by atoms with Crippen LogP contribution in [0, 0.1) is 0 Å². The molecule has 0 bridgehead atoms. The summed E-state index contributed by atoms with van der Waals surface area (Å²) in [5, 5.41) is 6.62. The summed E-state index contributed by atoms with van der Waals surface area (Å²) in [6, 6.07) is 6.39. The molecule has 0 heterocycles. The van der Waals surface area contributed by atoms with Gasteiger partial charge in [0.1, 0.15) is 0 Å². The summed E-state index contributed by atoms with van der Waals surface area (Å²) in [7, 11) is 0. The molecule has 0 aromatic heterocycles. The molecule has 0 aliphatic carbocycles. The largest absolute Gasteiger partial charge is 0.366 e. The molecule has 0 atom stereocenters. The van der Waals surface area contributed by atoms with Crippen molar-refractivity contribution < 1.29 is 9.59 Å². The van der Waals surface area contributed by atoms with E-state index in [1.54, 1.807) is 18.2 Å². The maximum absolute atomic E-state index is 10.8. The lowest BCUT2D eigenvalue weighted by atomic mass is 10.2. The van der Waals surface area contributed by atoms with Crippen molar-refractivity contribution in [2.75, 3.05) is 0 Å². The van der Waals surface area contributed by atoms with Gasteiger partial charge < -0.3 is 5.73 Å². The smallest absolute Gasteiger partial charge is 0.252 e. The molecule has 0 unspecified atom stereocenters. The molecule has 5 nitrogen and oxygen atoms in total. The molecule has 66 valence electrons. The van der Waals surface area contributed by atoms with Crippen LogP contribution in [0.15, 0.2) is 34.5 Å². The Morgan fingerprint density at radius 1 is 1.38 bits per heavy atom. The van der Waals surface area contributed by atoms with Gasteiger partial charge in [-0.1, -0.05) is 12.1 Å². The van der Waals surface area contributed by atoms with Crippen molar-refractivity contribution in [3.05, 3.63) is 29.8 Å². The average molecular weight is 177 g/mol. The van der Waals surface area contributed by atoms with Crippen molar-refractivity contribution in [1.29, 1.82) is 0 Å². The molecule has 0 saturated carbocycles. The van der Waals surface area contributed by atoms with E-state index in [0.29, 0.717) is 5.69 Å². The standard InChI is InChI=1S/C8H7N3O2/c9-8(13)6-3-1-2-4-7(6)11-10-5-12/h1-5H,(H2,9,13). The number of nitrogens with two attached hydrogens (primary N) is 1. The third-order valence-electron chi connectivity index (χ3n) is 1.38. The number of azo groups is 1. The van der Waals surface area contributed by atoms with Gasteiger partial charge in [0.25, 0.3) is 12.3 Å². The molecular weight excluding hydrogens is 170 g/mol. The predicted octanol–water partition coefficient (Wildman–Crippen LogP) is 1.03. The molecule has 1 aromatic carbocycles. The second-order valence-corrected chi connectivity index (χ2v) is 2.20. The van der Waals surface area contributed by atoms with Crippen LogP contribution in [0.5, 0.6) is 0 Å². The SMILES string of the molecule is NC(=O)c1ccccc1N=NC=O. The highest BCUT2D eigenvalue weighted by molar-refractivity contribution is 5.97. The maximum Gasteiger partial charge on any atom is 0.252 e. The van der Waals surface area contributed by atoms with Crippen molar-refractivity contribution in [3.63, 3.8) is 0 Å². The fourth-order valence-electron chi connectivity index (χ4n) is 0.855. The Morgan fingerprint density at radius 2 is 2.08 bits per heavy atom. The van der Waals surface area contributed by atoms with Crippen LogP contribution in [0.4, 0.5) is 5.69 Å². The zero-order valence-corrected chi connectivity index (χ0v) is 6.68. The summed E-state index contributed by atoms with van der Waals surface area (Å²) < 4.78 is 0. The number of benzene rings is 1. The van der Waals surface area contributed by atoms with Crippen molar-refractivity contribution in [1.82, 2.24) is 0 Å². The van der Waals surface area contributed by atoms with Gasteiger partial charge in [0.2, 0.25) is 0 Å². The zero-order valence-electron chi connectivity index (χ0n) is 6.68. The van der Waals surface area contributed by atoms with E-state index in [1.807, 2.05) is 0 Å². The normalized spacial score (nSPS) is 10.2. The monoisotopic (exact) mass is 177 g/mol. The molecule has 0 fully saturated rings. The summed E-state index contributed by atoms with van der Waals surface area (Å²) >= 11 is 0. The third kappa shape index (κ3) is 2.19. The molecule has 5 heteroatoms. The molecule has 1 aromatic rings. The van der Waals surface area contributed by atoms with Gasteiger partial charge in [0, 0.05) is 0 Å². The highest BCUT2D eigenvalue weighted by Gasteiger charge is 2.05. The van der Waals surface area contributed by atoms with Gasteiger partial charge in [-0.2, -0.15) is 0 Å². The number of nitrogens with zero attached hydrogens (tertiary/aromatic N) is 2. The third-order valence-corrected chi connectivity index (χ3v) is 1.38. The van der Waals surface area contributed by atoms with Gasteiger partial charge in [-0.3, -0.25) is 9.59 Å². The summed E-state index contributed by atoms with van der Waals surface area (Å²) in [6.07, 6.45) is 0.289. The lowest BCUT2D eigenvalue weighted by Gasteiger charge is -1.97. The molecule has 2 N–H and O–H groups in total. The molecular formula is C8H7N3O2. The molecule has 13 heavy (non-hydrogen) atoms. The highest BCUT2D eigenvalue weighted by Crippen LogP contribution is 2.17. The van der Waals surface area contributed by atoms with Gasteiger partial charge in [0.15, 0.2) is 0 Å². The minimum Gasteiger partial charge on any atom is -0.366 e. The predicted molar refractivity (Wildman–Crippen MR) is 45.5 cm³/mol. The van der Waals surface area contributed by atoms with Crippen LogP contribution in [0.3, 0.4) is 0 Å². The molecule has 0 aliphatic rings. The van der Waals surface area contributed by atoms with Crippen molar-refractivity contribution in [2.45, 2.75) is 0 Å². The number of hydrogen-bond acceptors (Lipinski definition) is 3. The molecule has 0 saturated heterocycles. The Hall–Kier alpha value is -2.04. The van der Waals surface area contributed by atoms with Crippen LogP contribution in [0.25, 0.3) is 0 Å². The van der Waals surface area contributed by atoms with Crippen LogP contribution in [-0.2, 0) is 4.79 Å². The molecule has 0 spiro atoms. The van der Waals surface area contributed by atoms with E-state index in [-0.39, 0.29) is 12.0 Å². The number of amides is 2. The van der Waals surface area contributed by atoms with Crippen molar-refractivity contribution in [2.24, 2.45) is 16.0 Å². The van der Waals surface area contributed by atoms with Crippen molar-refractivity contribution >= 4 is 18.0 Å². The highest BCUT2D eigenvalue weighted by atomic mass is 16.1. The number of carbonyl (C=O) groups is 2. The summed E-state index contributed by atoms with van der Waals surface area (Å²) in [5.41, 5.74) is 5.59. The number of primary amides is 1. The van der Waals surface area contributed by atoms with E-state index >= 15 is 0 Å². The van der Waals surface area contributed by atoms with Crippen LogP contribution in [0.2, 0.25) is 0 Å². The average Bonchev–Trinajstić information content (AvgIpc) is 2.15. The second-order valence-electron chi connectivity index (χ2n) is 2.20. The Morgan fingerprint density at radius 3 is 2.69 bits per heavy atom. The molecule has 0 radical (unpaired) electrons. The van der Waals surface area contributed by atoms with Gasteiger partial charge in [-0.25, -0.2) is 0 Å². The lowest BCUT2D eigenvalue weighted by molar-refractivity contribution is -0.107. The fourth-order valence-corrected chi connectivity index (χ4v) is 0.855. The fraction of sp³-hybridized carbons (Fsp3) is 0. The van der Waals surface area contributed by atoms with E-state index in [9.17, 15) is 9.59 Å². The van der Waals surface area contributed by atoms with Crippen molar-refractivity contribution in [3.8, 4) is 0 Å². The lowest BCUT2D eigenvalue weighted by Crippen LogP contribution is -2.10. The van der Waals surface area contributed by atoms with Crippen LogP contribution < -0.4 is 5.73 Å². The first-order chi connectivity index (χ1) is 6.25. The van der Waals surface area contributed by atoms with E-state index in [0.717, 1.165) is 0 Å².